The Morgan fingerprint density at radius 1 is 1.24 bits per heavy atom. The first-order valence-corrected chi connectivity index (χ1v) is 9.62. The highest BCUT2D eigenvalue weighted by Crippen LogP contribution is 2.52. The minimum absolute atomic E-state index is 0.339. The average molecular weight is 349 g/mol. The van der Waals surface area contributed by atoms with Gasteiger partial charge in [-0.2, -0.15) is 0 Å². The molecule has 0 aliphatic carbocycles. The van der Waals surface area contributed by atoms with Gasteiger partial charge in [0.05, 0.1) is 6.61 Å². The molecule has 0 amide bonds. The molecule has 1 heterocycles. The maximum absolute atomic E-state index is 6.10. The van der Waals surface area contributed by atoms with Gasteiger partial charge >= 0.3 is 0 Å². The van der Waals surface area contributed by atoms with Crippen molar-refractivity contribution in [1.82, 2.24) is 9.34 Å². The third-order valence-electron chi connectivity index (χ3n) is 3.61. The summed E-state index contributed by atoms with van der Waals surface area (Å²) >= 11 is 11.9. The minimum Gasteiger partial charge on any atom is -0.331 e. The van der Waals surface area contributed by atoms with Crippen molar-refractivity contribution in [3.05, 3.63) is 35.9 Å². The number of nitrogens with zero attached hydrogens (tertiary/aromatic N) is 2. The lowest BCUT2D eigenvalue weighted by Crippen LogP contribution is -2.37. The second kappa shape index (κ2) is 9.29. The van der Waals surface area contributed by atoms with Crippen LogP contribution in [-0.2, 0) is 4.52 Å². The predicted molar refractivity (Wildman–Crippen MR) is 92.1 cm³/mol. The Balaban J connectivity index is 2.13. The molecule has 21 heavy (non-hydrogen) atoms. The van der Waals surface area contributed by atoms with Gasteiger partial charge in [-0.3, -0.25) is 0 Å². The third-order valence-corrected chi connectivity index (χ3v) is 6.24. The van der Waals surface area contributed by atoms with Gasteiger partial charge in [0.1, 0.15) is 0 Å². The maximum atomic E-state index is 6.10. The molecular formula is C15H23Cl2N2OP. The van der Waals surface area contributed by atoms with Gasteiger partial charge < -0.3 is 4.52 Å². The number of benzene rings is 1. The molecule has 1 fully saturated rings. The van der Waals surface area contributed by atoms with Gasteiger partial charge in [-0.1, -0.05) is 30.3 Å². The number of halogens is 2. The summed E-state index contributed by atoms with van der Waals surface area (Å²) in [6.07, 6.45) is 1.07. The molecule has 0 N–H and O–H groups in total. The topological polar surface area (TPSA) is 15.7 Å². The van der Waals surface area contributed by atoms with Gasteiger partial charge in [-0.25, -0.2) is 9.34 Å². The lowest BCUT2D eigenvalue weighted by atomic mass is 10.1. The number of rotatable bonds is 7. The second-order valence-corrected chi connectivity index (χ2v) is 7.62. The van der Waals surface area contributed by atoms with E-state index in [9.17, 15) is 0 Å². The van der Waals surface area contributed by atoms with Crippen molar-refractivity contribution < 1.29 is 4.52 Å². The quantitative estimate of drug-likeness (QED) is 0.533. The first kappa shape index (κ1) is 17.5. The molecule has 0 spiro atoms. The van der Waals surface area contributed by atoms with Crippen LogP contribution in [0.2, 0.25) is 0 Å². The highest BCUT2D eigenvalue weighted by Gasteiger charge is 2.33. The van der Waals surface area contributed by atoms with E-state index in [1.165, 1.54) is 5.56 Å². The first-order chi connectivity index (χ1) is 10.3. The second-order valence-electron chi connectivity index (χ2n) is 5.02. The molecule has 0 aromatic heterocycles. The van der Waals surface area contributed by atoms with Gasteiger partial charge in [-0.05, 0) is 18.9 Å². The third kappa shape index (κ3) is 4.79. The largest absolute Gasteiger partial charge is 0.331 e. The SMILES string of the molecule is C[C@H](c1ccccc1)N1CCCO[P@@]1N(CCCl)CCCl. The normalized spacial score (nSPS) is 21.6. The van der Waals surface area contributed by atoms with Gasteiger partial charge in [0.2, 0.25) is 0 Å². The molecule has 2 rings (SSSR count). The summed E-state index contributed by atoms with van der Waals surface area (Å²) in [6, 6.07) is 10.9. The van der Waals surface area contributed by atoms with Crippen molar-refractivity contribution in [3.63, 3.8) is 0 Å². The lowest BCUT2D eigenvalue weighted by molar-refractivity contribution is 0.186. The van der Waals surface area contributed by atoms with E-state index in [4.69, 9.17) is 27.7 Å². The molecule has 3 nitrogen and oxygen atoms in total. The van der Waals surface area contributed by atoms with Gasteiger partial charge in [0, 0.05) is 37.4 Å². The number of hydrogen-bond acceptors (Lipinski definition) is 3. The van der Waals surface area contributed by atoms with Crippen LogP contribution >= 0.6 is 31.7 Å². The average Bonchev–Trinajstić information content (AvgIpc) is 2.55. The van der Waals surface area contributed by atoms with Crippen LogP contribution in [0.5, 0.6) is 0 Å². The summed E-state index contributed by atoms with van der Waals surface area (Å²) < 4.78 is 10.9. The monoisotopic (exact) mass is 348 g/mol. The van der Waals surface area contributed by atoms with Crippen molar-refractivity contribution in [2.24, 2.45) is 0 Å². The van der Waals surface area contributed by atoms with Crippen LogP contribution in [-0.4, -0.2) is 47.3 Å². The zero-order valence-electron chi connectivity index (χ0n) is 12.4. The summed E-state index contributed by atoms with van der Waals surface area (Å²) in [4.78, 5) is 0. The summed E-state index contributed by atoms with van der Waals surface area (Å²) in [5.74, 6) is 1.21. The van der Waals surface area contributed by atoms with Gasteiger partial charge in [0.15, 0.2) is 8.45 Å². The molecule has 2 atom stereocenters. The maximum Gasteiger partial charge on any atom is 0.188 e. The van der Waals surface area contributed by atoms with E-state index in [0.29, 0.717) is 17.8 Å². The molecule has 6 heteroatoms. The zero-order valence-corrected chi connectivity index (χ0v) is 14.8. The Morgan fingerprint density at radius 3 is 2.52 bits per heavy atom. The molecule has 1 aromatic carbocycles. The predicted octanol–water partition coefficient (Wildman–Crippen LogP) is 4.48. The van der Waals surface area contributed by atoms with E-state index in [0.717, 1.165) is 32.7 Å². The van der Waals surface area contributed by atoms with Crippen molar-refractivity contribution in [2.45, 2.75) is 19.4 Å². The highest BCUT2D eigenvalue weighted by atomic mass is 35.5. The Hall–Kier alpha value is 0.110. The van der Waals surface area contributed by atoms with E-state index in [-0.39, 0.29) is 0 Å². The molecule has 1 saturated heterocycles. The van der Waals surface area contributed by atoms with Crippen LogP contribution in [0.1, 0.15) is 24.9 Å². The molecule has 0 radical (unpaired) electrons. The van der Waals surface area contributed by atoms with Crippen LogP contribution in [0.25, 0.3) is 0 Å². The smallest absolute Gasteiger partial charge is 0.188 e. The Labute approximate surface area is 139 Å². The molecule has 0 saturated carbocycles. The minimum atomic E-state index is -0.776. The van der Waals surface area contributed by atoms with E-state index < -0.39 is 8.45 Å². The van der Waals surface area contributed by atoms with Crippen molar-refractivity contribution >= 4 is 31.7 Å². The van der Waals surface area contributed by atoms with Crippen LogP contribution < -0.4 is 0 Å². The first-order valence-electron chi connectivity index (χ1n) is 7.39. The van der Waals surface area contributed by atoms with Crippen molar-refractivity contribution in [3.8, 4) is 0 Å². The number of hydrogen-bond donors (Lipinski definition) is 0. The standard InChI is InChI=1S/C15H23Cl2N2OP/c1-14(15-6-3-2-4-7-15)19-10-5-13-20-21(19)18(11-8-16)12-9-17/h2-4,6-7,14H,5,8-13H2,1H3/t14-,21+/m1/s1. The van der Waals surface area contributed by atoms with Crippen LogP contribution in [0.3, 0.4) is 0 Å². The molecule has 0 unspecified atom stereocenters. The molecule has 1 aliphatic rings. The van der Waals surface area contributed by atoms with Crippen LogP contribution in [0.15, 0.2) is 30.3 Å². The van der Waals surface area contributed by atoms with Gasteiger partial charge in [0.25, 0.3) is 0 Å². The molecule has 1 aromatic rings. The molecule has 0 bridgehead atoms. The Bertz CT molecular complexity index is 404. The van der Waals surface area contributed by atoms with Crippen molar-refractivity contribution in [1.29, 1.82) is 0 Å². The zero-order chi connectivity index (χ0) is 15.1. The summed E-state index contributed by atoms with van der Waals surface area (Å²) in [7, 11) is -0.776. The number of alkyl halides is 2. The highest BCUT2D eigenvalue weighted by molar-refractivity contribution is 7.47. The molecular weight excluding hydrogens is 326 g/mol. The van der Waals surface area contributed by atoms with E-state index in [1.54, 1.807) is 0 Å². The Morgan fingerprint density at radius 2 is 1.90 bits per heavy atom. The van der Waals surface area contributed by atoms with E-state index in [2.05, 4.69) is 46.6 Å². The van der Waals surface area contributed by atoms with Crippen molar-refractivity contribution in [2.75, 3.05) is 38.0 Å². The van der Waals surface area contributed by atoms with Crippen LogP contribution in [0.4, 0.5) is 0 Å². The van der Waals surface area contributed by atoms with E-state index in [1.807, 2.05) is 0 Å². The van der Waals surface area contributed by atoms with Gasteiger partial charge in [-0.15, -0.1) is 23.2 Å². The Kier molecular flexibility index (Phi) is 7.73. The fraction of sp³-hybridized carbons (Fsp3) is 0.600. The summed E-state index contributed by atoms with van der Waals surface area (Å²) in [6.45, 7) is 5.77. The van der Waals surface area contributed by atoms with Crippen LogP contribution in [0, 0.1) is 0 Å². The fourth-order valence-corrected chi connectivity index (χ4v) is 5.36. The molecule has 1 aliphatic heterocycles. The summed E-state index contributed by atoms with van der Waals surface area (Å²) in [5.41, 5.74) is 1.33. The fourth-order valence-electron chi connectivity index (χ4n) is 2.50. The lowest BCUT2D eigenvalue weighted by Gasteiger charge is -2.43. The van der Waals surface area contributed by atoms with E-state index >= 15 is 0 Å². The molecule has 118 valence electrons. The summed E-state index contributed by atoms with van der Waals surface area (Å²) in [5, 5.41) is 0.